The number of H-pyrrole nitrogens is 1. The van der Waals surface area contributed by atoms with Crippen molar-refractivity contribution in [3.63, 3.8) is 0 Å². The third-order valence-corrected chi connectivity index (χ3v) is 2.90. The zero-order chi connectivity index (χ0) is 12.5. The van der Waals surface area contributed by atoms with Crippen molar-refractivity contribution in [2.24, 2.45) is 5.92 Å². The lowest BCUT2D eigenvalue weighted by atomic mass is 9.97. The number of nitrogens with one attached hydrogen (secondary N) is 1. The molecule has 1 aliphatic heterocycles. The average Bonchev–Trinajstić information content (AvgIpc) is 2.80. The van der Waals surface area contributed by atoms with Gasteiger partial charge in [-0.05, 0) is 12.8 Å². The van der Waals surface area contributed by atoms with Crippen LogP contribution in [0.2, 0.25) is 0 Å². The van der Waals surface area contributed by atoms with E-state index in [-0.39, 0.29) is 18.7 Å². The van der Waals surface area contributed by atoms with E-state index in [4.69, 9.17) is 0 Å². The highest BCUT2D eigenvalue weighted by atomic mass is 19.4. The second-order valence-corrected chi connectivity index (χ2v) is 4.10. The van der Waals surface area contributed by atoms with Crippen molar-refractivity contribution in [2.45, 2.75) is 19.0 Å². The van der Waals surface area contributed by atoms with E-state index >= 15 is 0 Å². The first-order valence-corrected chi connectivity index (χ1v) is 5.33. The molecule has 1 saturated heterocycles. The van der Waals surface area contributed by atoms with Crippen LogP contribution in [0.4, 0.5) is 13.2 Å². The van der Waals surface area contributed by atoms with Crippen LogP contribution in [0.5, 0.6) is 0 Å². The minimum absolute atomic E-state index is 0.0935. The molecule has 1 aromatic rings. The van der Waals surface area contributed by atoms with E-state index in [1.807, 2.05) is 0 Å². The summed E-state index contributed by atoms with van der Waals surface area (Å²) >= 11 is 0. The Labute approximate surface area is 95.8 Å². The molecule has 0 aliphatic carbocycles. The van der Waals surface area contributed by atoms with Gasteiger partial charge in [-0.1, -0.05) is 0 Å². The molecule has 1 fully saturated rings. The maximum Gasteiger partial charge on any atom is 0.393 e. The van der Waals surface area contributed by atoms with Crippen molar-refractivity contribution in [3.8, 4) is 0 Å². The zero-order valence-electron chi connectivity index (χ0n) is 9.00. The number of likely N-dealkylation sites (tertiary alicyclic amines) is 1. The summed E-state index contributed by atoms with van der Waals surface area (Å²) in [6.45, 7) is 0.103. The van der Waals surface area contributed by atoms with Crippen LogP contribution in [0.25, 0.3) is 0 Å². The number of aromatic amines is 1. The van der Waals surface area contributed by atoms with Crippen LogP contribution in [0.15, 0.2) is 12.5 Å². The number of amides is 1. The molecule has 0 spiro atoms. The fourth-order valence-electron chi connectivity index (χ4n) is 1.97. The first-order chi connectivity index (χ1) is 7.98. The lowest BCUT2D eigenvalue weighted by Crippen LogP contribution is -2.44. The molecule has 0 saturated carbocycles. The van der Waals surface area contributed by atoms with E-state index < -0.39 is 18.0 Å². The van der Waals surface area contributed by atoms with Gasteiger partial charge in [0.05, 0.1) is 18.4 Å². The molecule has 4 nitrogen and oxygen atoms in total. The number of hydrogen-bond acceptors (Lipinski definition) is 2. The van der Waals surface area contributed by atoms with Crippen LogP contribution in [-0.2, 0) is 0 Å². The number of imidazole rings is 1. The number of alkyl halides is 3. The maximum atomic E-state index is 12.6. The third kappa shape index (κ3) is 2.59. The van der Waals surface area contributed by atoms with Gasteiger partial charge >= 0.3 is 6.18 Å². The zero-order valence-corrected chi connectivity index (χ0v) is 9.00. The second-order valence-electron chi connectivity index (χ2n) is 4.10. The van der Waals surface area contributed by atoms with Gasteiger partial charge in [-0.25, -0.2) is 4.98 Å². The standard InChI is InChI=1S/C10H12F3N3O/c11-10(12,13)7-2-1-3-16(5-7)9(17)8-4-14-6-15-8/h4,6-7H,1-3,5H2,(H,14,15)/t7-/m0/s1. The molecule has 1 aliphatic rings. The molecule has 0 unspecified atom stereocenters. The number of rotatable bonds is 1. The molecule has 2 heterocycles. The maximum absolute atomic E-state index is 12.6. The van der Waals surface area contributed by atoms with Gasteiger partial charge < -0.3 is 9.88 Å². The highest BCUT2D eigenvalue weighted by Gasteiger charge is 2.42. The summed E-state index contributed by atoms with van der Waals surface area (Å²) in [5.74, 6) is -1.83. The predicted molar refractivity (Wildman–Crippen MR) is 53.3 cm³/mol. The normalized spacial score (nSPS) is 21.6. The SMILES string of the molecule is O=C(c1cnc[nH]1)N1CCC[C@H](C(F)(F)F)C1. The first-order valence-electron chi connectivity index (χ1n) is 5.33. The number of aromatic nitrogens is 2. The van der Waals surface area contributed by atoms with Gasteiger partial charge in [0.25, 0.3) is 5.91 Å². The molecule has 1 atom stereocenters. The highest BCUT2D eigenvalue weighted by molar-refractivity contribution is 5.92. The quantitative estimate of drug-likeness (QED) is 0.823. The minimum Gasteiger partial charge on any atom is -0.341 e. The Bertz CT molecular complexity index is 388. The van der Waals surface area contributed by atoms with Gasteiger partial charge in [0.2, 0.25) is 0 Å². The van der Waals surface area contributed by atoms with Crippen LogP contribution >= 0.6 is 0 Å². The van der Waals surface area contributed by atoms with Gasteiger partial charge in [-0.3, -0.25) is 4.79 Å². The van der Waals surface area contributed by atoms with Gasteiger partial charge in [0, 0.05) is 13.1 Å². The number of nitrogens with zero attached hydrogens (tertiary/aromatic N) is 2. The van der Waals surface area contributed by atoms with E-state index in [1.165, 1.54) is 17.4 Å². The predicted octanol–water partition coefficient (Wildman–Crippen LogP) is 1.82. The molecular weight excluding hydrogens is 235 g/mol. The number of carbonyl (C=O) groups is 1. The van der Waals surface area contributed by atoms with Crippen molar-refractivity contribution in [1.29, 1.82) is 0 Å². The van der Waals surface area contributed by atoms with Gasteiger partial charge in [0.15, 0.2) is 0 Å². The van der Waals surface area contributed by atoms with Gasteiger partial charge in [-0.15, -0.1) is 0 Å². The number of piperidine rings is 1. The highest BCUT2D eigenvalue weighted by Crippen LogP contribution is 2.33. The smallest absolute Gasteiger partial charge is 0.341 e. The van der Waals surface area contributed by atoms with Gasteiger partial charge in [-0.2, -0.15) is 13.2 Å². The Morgan fingerprint density at radius 3 is 2.88 bits per heavy atom. The van der Waals surface area contributed by atoms with Gasteiger partial charge in [0.1, 0.15) is 5.69 Å². The molecule has 0 aromatic carbocycles. The molecule has 0 radical (unpaired) electrons. The Morgan fingerprint density at radius 2 is 2.29 bits per heavy atom. The van der Waals surface area contributed by atoms with E-state index in [1.54, 1.807) is 0 Å². The third-order valence-electron chi connectivity index (χ3n) is 2.90. The fourth-order valence-corrected chi connectivity index (χ4v) is 1.97. The van der Waals surface area contributed by atoms with E-state index in [0.717, 1.165) is 0 Å². The van der Waals surface area contributed by atoms with Crippen LogP contribution in [0, 0.1) is 5.92 Å². The molecule has 17 heavy (non-hydrogen) atoms. The molecule has 2 rings (SSSR count). The molecular formula is C10H12F3N3O. The monoisotopic (exact) mass is 247 g/mol. The lowest BCUT2D eigenvalue weighted by molar-refractivity contribution is -0.184. The van der Waals surface area contributed by atoms with E-state index in [9.17, 15) is 18.0 Å². The van der Waals surface area contributed by atoms with Crippen LogP contribution in [0.1, 0.15) is 23.3 Å². The lowest BCUT2D eigenvalue weighted by Gasteiger charge is -2.33. The summed E-state index contributed by atoms with van der Waals surface area (Å²) in [5, 5.41) is 0. The molecule has 7 heteroatoms. The number of carbonyl (C=O) groups excluding carboxylic acids is 1. The Hall–Kier alpha value is -1.53. The van der Waals surface area contributed by atoms with Crippen molar-refractivity contribution in [1.82, 2.24) is 14.9 Å². The van der Waals surface area contributed by atoms with Crippen LogP contribution in [-0.4, -0.2) is 40.0 Å². The summed E-state index contributed by atoms with van der Waals surface area (Å²) < 4.78 is 37.7. The Morgan fingerprint density at radius 1 is 1.53 bits per heavy atom. The van der Waals surface area contributed by atoms with E-state index in [0.29, 0.717) is 13.0 Å². The largest absolute Gasteiger partial charge is 0.393 e. The van der Waals surface area contributed by atoms with Crippen molar-refractivity contribution >= 4 is 5.91 Å². The summed E-state index contributed by atoms with van der Waals surface area (Å²) in [5.41, 5.74) is 0.229. The molecule has 1 N–H and O–H groups in total. The molecule has 0 bridgehead atoms. The Kier molecular flexibility index (Phi) is 3.08. The second kappa shape index (κ2) is 4.38. The van der Waals surface area contributed by atoms with E-state index in [2.05, 4.69) is 9.97 Å². The summed E-state index contributed by atoms with van der Waals surface area (Å²) in [6.07, 6.45) is -1.11. The first kappa shape index (κ1) is 11.9. The summed E-state index contributed by atoms with van der Waals surface area (Å²) in [6, 6.07) is 0. The molecule has 1 aromatic heterocycles. The van der Waals surface area contributed by atoms with Crippen LogP contribution in [0.3, 0.4) is 0 Å². The molecule has 94 valence electrons. The van der Waals surface area contributed by atoms with Crippen molar-refractivity contribution in [2.75, 3.05) is 13.1 Å². The number of halogens is 3. The fraction of sp³-hybridized carbons (Fsp3) is 0.600. The van der Waals surface area contributed by atoms with Crippen molar-refractivity contribution in [3.05, 3.63) is 18.2 Å². The average molecular weight is 247 g/mol. The topological polar surface area (TPSA) is 49.0 Å². The van der Waals surface area contributed by atoms with Crippen molar-refractivity contribution < 1.29 is 18.0 Å². The Balaban J connectivity index is 2.05. The summed E-state index contributed by atoms with van der Waals surface area (Å²) in [7, 11) is 0. The molecule has 1 amide bonds. The van der Waals surface area contributed by atoms with Crippen LogP contribution < -0.4 is 0 Å². The summed E-state index contributed by atoms with van der Waals surface area (Å²) in [4.78, 5) is 19.3. The number of hydrogen-bond donors (Lipinski definition) is 1. The minimum atomic E-state index is -4.23.